The van der Waals surface area contributed by atoms with Crippen molar-refractivity contribution >= 4 is 11.6 Å². The van der Waals surface area contributed by atoms with Crippen molar-refractivity contribution in [3.05, 3.63) is 95.3 Å². The number of para-hydroxylation sites is 1. The Morgan fingerprint density at radius 1 is 0.865 bits per heavy atom. The van der Waals surface area contributed by atoms with E-state index in [2.05, 4.69) is 5.32 Å². The highest BCUT2D eigenvalue weighted by atomic mass is 19.1. The summed E-state index contributed by atoms with van der Waals surface area (Å²) in [6, 6.07) is 21.7. The van der Waals surface area contributed by atoms with E-state index in [1.807, 2.05) is 48.5 Å². The van der Waals surface area contributed by atoms with Crippen molar-refractivity contribution in [2.45, 2.75) is 25.9 Å². The zero-order chi connectivity index (χ0) is 25.9. The molecule has 1 aliphatic heterocycles. The second kappa shape index (κ2) is 13.9. The number of carbonyl (C=O) groups is 1. The summed E-state index contributed by atoms with van der Waals surface area (Å²) < 4.78 is 35.7. The topological polar surface area (TPSA) is 69.3 Å². The Labute approximate surface area is 217 Å². The van der Waals surface area contributed by atoms with Gasteiger partial charge in [0.05, 0.1) is 59.3 Å². The van der Waals surface area contributed by atoms with Crippen LogP contribution >= 0.6 is 0 Å². The fourth-order valence-electron chi connectivity index (χ4n) is 4.17. The Morgan fingerprint density at radius 3 is 2.24 bits per heavy atom. The molecule has 7 nitrogen and oxygen atoms in total. The monoisotopic (exact) mass is 508 g/mol. The molecule has 4 rings (SSSR count). The van der Waals surface area contributed by atoms with Crippen molar-refractivity contribution in [1.82, 2.24) is 5.32 Å². The van der Waals surface area contributed by atoms with Gasteiger partial charge in [0.15, 0.2) is 0 Å². The number of carbonyl (C=O) groups excluding carboxylic acids is 1. The van der Waals surface area contributed by atoms with Gasteiger partial charge < -0.3 is 29.2 Å². The molecule has 0 unspecified atom stereocenters. The maximum absolute atomic E-state index is 13.1. The molecule has 196 valence electrons. The molecule has 1 atom stereocenters. The number of benzene rings is 3. The predicted molar refractivity (Wildman–Crippen MR) is 139 cm³/mol. The van der Waals surface area contributed by atoms with Gasteiger partial charge in [-0.25, -0.2) is 4.39 Å². The van der Waals surface area contributed by atoms with E-state index >= 15 is 0 Å². The first-order chi connectivity index (χ1) is 18.1. The normalized spacial score (nSPS) is 15.7. The fraction of sp³-hybridized carbons (Fsp3) is 0.345. The number of nitrogens with one attached hydrogen (secondary N) is 1. The van der Waals surface area contributed by atoms with E-state index in [1.54, 1.807) is 24.1 Å². The summed E-state index contributed by atoms with van der Waals surface area (Å²) in [7, 11) is 1.65. The Hall–Kier alpha value is -3.30. The van der Waals surface area contributed by atoms with Gasteiger partial charge in [-0.15, -0.1) is 0 Å². The third-order valence-electron chi connectivity index (χ3n) is 6.09. The molecule has 0 radical (unpaired) electrons. The smallest absolute Gasteiger partial charge is 0.241 e. The number of amides is 1. The Morgan fingerprint density at radius 2 is 1.51 bits per heavy atom. The average Bonchev–Trinajstić information content (AvgIpc) is 2.92. The molecule has 37 heavy (non-hydrogen) atoms. The number of piperazine rings is 1. The first kappa shape index (κ1) is 26.8. The maximum Gasteiger partial charge on any atom is 0.241 e. The number of halogens is 1. The number of rotatable bonds is 13. The van der Waals surface area contributed by atoms with E-state index in [9.17, 15) is 9.18 Å². The van der Waals surface area contributed by atoms with Gasteiger partial charge >= 0.3 is 0 Å². The third-order valence-corrected chi connectivity index (χ3v) is 6.09. The molecule has 1 N–H and O–H groups in total. The van der Waals surface area contributed by atoms with Gasteiger partial charge in [0.1, 0.15) is 11.6 Å². The van der Waals surface area contributed by atoms with Crippen LogP contribution in [0, 0.1) is 5.82 Å². The number of hydrogen-bond acceptors (Lipinski definition) is 6. The van der Waals surface area contributed by atoms with Gasteiger partial charge in [0.25, 0.3) is 0 Å². The zero-order valence-electron chi connectivity index (χ0n) is 21.0. The zero-order valence-corrected chi connectivity index (χ0v) is 21.0. The summed E-state index contributed by atoms with van der Waals surface area (Å²) >= 11 is 0. The molecule has 0 spiro atoms. The first-order valence-electron chi connectivity index (χ1n) is 12.4. The molecule has 0 saturated carbocycles. The number of nitrogens with zero attached hydrogens (tertiary/aromatic N) is 1. The van der Waals surface area contributed by atoms with Crippen LogP contribution in [0.3, 0.4) is 0 Å². The molecule has 1 saturated heterocycles. The van der Waals surface area contributed by atoms with Crippen LogP contribution in [-0.4, -0.2) is 52.0 Å². The molecular formula is C29H33FN2O5. The maximum atomic E-state index is 13.1. The second-order valence-corrected chi connectivity index (χ2v) is 8.77. The minimum Gasteiger partial charge on any atom is -0.496 e. The number of ether oxygens (including phenoxy) is 4. The van der Waals surface area contributed by atoms with E-state index in [-0.39, 0.29) is 24.3 Å². The molecule has 1 fully saturated rings. The van der Waals surface area contributed by atoms with Crippen LogP contribution < -0.4 is 15.0 Å². The van der Waals surface area contributed by atoms with E-state index in [0.29, 0.717) is 46.2 Å². The van der Waals surface area contributed by atoms with Crippen molar-refractivity contribution in [2.24, 2.45) is 0 Å². The molecule has 3 aromatic carbocycles. The molecule has 3 aromatic rings. The summed E-state index contributed by atoms with van der Waals surface area (Å²) in [5, 5.41) is 3.15. The van der Waals surface area contributed by atoms with Crippen LogP contribution in [0.1, 0.15) is 16.7 Å². The minimum absolute atomic E-state index is 0.00201. The first-order valence-corrected chi connectivity index (χ1v) is 12.4. The summed E-state index contributed by atoms with van der Waals surface area (Å²) in [6.07, 6.45) is 0. The van der Waals surface area contributed by atoms with E-state index < -0.39 is 0 Å². The molecule has 1 amide bonds. The van der Waals surface area contributed by atoms with Crippen LogP contribution in [0.2, 0.25) is 0 Å². The van der Waals surface area contributed by atoms with Crippen LogP contribution in [-0.2, 0) is 38.8 Å². The molecule has 1 heterocycles. The van der Waals surface area contributed by atoms with Crippen LogP contribution in [0.15, 0.2) is 72.8 Å². The van der Waals surface area contributed by atoms with Crippen molar-refractivity contribution in [2.75, 3.05) is 44.9 Å². The molecule has 8 heteroatoms. The summed E-state index contributed by atoms with van der Waals surface area (Å²) in [6.45, 7) is 3.52. The lowest BCUT2D eigenvalue weighted by Gasteiger charge is -2.36. The van der Waals surface area contributed by atoms with Crippen LogP contribution in [0.25, 0.3) is 0 Å². The summed E-state index contributed by atoms with van der Waals surface area (Å²) in [5.74, 6) is 0.536. The van der Waals surface area contributed by atoms with Gasteiger partial charge in [-0.2, -0.15) is 0 Å². The van der Waals surface area contributed by atoms with Crippen LogP contribution in [0.5, 0.6) is 5.75 Å². The molecule has 0 aromatic heterocycles. The Kier molecular flexibility index (Phi) is 10.0. The number of anilines is 1. The Balaban J connectivity index is 1.22. The number of hydrogen-bond donors (Lipinski definition) is 1. The molecular weight excluding hydrogens is 475 g/mol. The SMILES string of the molecule is COc1ccccc1COCCOCc1ccc(N2C(=O)CNC[C@@H]2COCc2ccc(F)cc2)cc1. The molecule has 1 aliphatic rings. The van der Waals surface area contributed by atoms with E-state index in [0.717, 1.165) is 28.1 Å². The van der Waals surface area contributed by atoms with E-state index in [4.69, 9.17) is 18.9 Å². The van der Waals surface area contributed by atoms with E-state index in [1.165, 1.54) is 12.1 Å². The average molecular weight is 509 g/mol. The lowest BCUT2D eigenvalue weighted by molar-refractivity contribution is -0.119. The lowest BCUT2D eigenvalue weighted by atomic mass is 10.1. The second-order valence-electron chi connectivity index (χ2n) is 8.77. The van der Waals surface area contributed by atoms with Crippen molar-refractivity contribution in [3.8, 4) is 5.75 Å². The summed E-state index contributed by atoms with van der Waals surface area (Å²) in [5.41, 5.74) is 3.73. The minimum atomic E-state index is -0.275. The quantitative estimate of drug-likeness (QED) is 0.351. The van der Waals surface area contributed by atoms with Crippen molar-refractivity contribution in [3.63, 3.8) is 0 Å². The molecule has 0 bridgehead atoms. The molecule has 0 aliphatic carbocycles. The largest absolute Gasteiger partial charge is 0.496 e. The highest BCUT2D eigenvalue weighted by molar-refractivity contribution is 5.96. The standard InChI is InChI=1S/C29H33FN2O5/c1-34-28-5-3-2-4-24(28)20-36-15-14-35-18-23-8-12-26(13-9-23)32-27(16-31-17-29(32)33)21-37-19-22-6-10-25(30)11-7-22/h2-13,27,31H,14-21H2,1H3/t27-/m1/s1. The number of methoxy groups -OCH3 is 1. The van der Waals surface area contributed by atoms with Crippen molar-refractivity contribution in [1.29, 1.82) is 0 Å². The fourth-order valence-corrected chi connectivity index (χ4v) is 4.17. The third kappa shape index (κ3) is 7.84. The lowest BCUT2D eigenvalue weighted by Crippen LogP contribution is -2.57. The highest BCUT2D eigenvalue weighted by Gasteiger charge is 2.29. The summed E-state index contributed by atoms with van der Waals surface area (Å²) in [4.78, 5) is 14.5. The Bertz CT molecular complexity index is 1120. The van der Waals surface area contributed by atoms with Gasteiger partial charge in [-0.1, -0.05) is 42.5 Å². The highest BCUT2D eigenvalue weighted by Crippen LogP contribution is 2.21. The predicted octanol–water partition coefficient (Wildman–Crippen LogP) is 4.09. The van der Waals surface area contributed by atoms with Gasteiger partial charge in [-0.3, -0.25) is 4.79 Å². The van der Waals surface area contributed by atoms with Crippen molar-refractivity contribution < 1.29 is 28.1 Å². The van der Waals surface area contributed by atoms with Gasteiger partial charge in [0, 0.05) is 17.8 Å². The van der Waals surface area contributed by atoms with Gasteiger partial charge in [-0.05, 0) is 41.5 Å². The van der Waals surface area contributed by atoms with Crippen LogP contribution in [0.4, 0.5) is 10.1 Å². The van der Waals surface area contributed by atoms with Gasteiger partial charge in [0.2, 0.25) is 5.91 Å².